The third-order valence-corrected chi connectivity index (χ3v) is 6.58. The number of nitrogens with zero attached hydrogens (tertiary/aromatic N) is 1. The summed E-state index contributed by atoms with van der Waals surface area (Å²) < 4.78 is 16.3. The van der Waals surface area contributed by atoms with Gasteiger partial charge in [0.2, 0.25) is 5.90 Å². The second-order valence-corrected chi connectivity index (χ2v) is 9.21. The van der Waals surface area contributed by atoms with Crippen LogP contribution < -0.4 is 9.47 Å². The van der Waals surface area contributed by atoms with Crippen molar-refractivity contribution in [3.8, 4) is 22.6 Å². The number of unbranched alkanes of at least 4 members (excludes halogenated alkanes) is 5. The van der Waals surface area contributed by atoms with E-state index in [-0.39, 0.29) is 5.70 Å². The minimum Gasteiger partial charge on any atom is -0.493 e. The summed E-state index contributed by atoms with van der Waals surface area (Å²) in [5.74, 6) is 0.915. The number of benzene rings is 3. The van der Waals surface area contributed by atoms with Crippen LogP contribution in [0.1, 0.15) is 62.1 Å². The maximum atomic E-state index is 12.5. The van der Waals surface area contributed by atoms with Crippen LogP contribution in [-0.4, -0.2) is 26.1 Å². The molecule has 0 radical (unpaired) electrons. The molecule has 0 fully saturated rings. The number of hydrogen-bond donors (Lipinski definition) is 0. The number of hydrogen-bond acceptors (Lipinski definition) is 5. The smallest absolute Gasteiger partial charge is 0.363 e. The van der Waals surface area contributed by atoms with Gasteiger partial charge in [0.25, 0.3) is 0 Å². The predicted octanol–water partition coefficient (Wildman–Crippen LogP) is 7.62. The fourth-order valence-corrected chi connectivity index (χ4v) is 4.48. The Morgan fingerprint density at radius 3 is 2.11 bits per heavy atom. The molecule has 0 aliphatic carbocycles. The first-order valence-corrected chi connectivity index (χ1v) is 13.1. The zero-order valence-electron chi connectivity index (χ0n) is 22.0. The molecule has 0 amide bonds. The normalized spacial score (nSPS) is 14.0. The lowest BCUT2D eigenvalue weighted by atomic mass is 10.00. The minimum absolute atomic E-state index is 0.214. The summed E-state index contributed by atoms with van der Waals surface area (Å²) in [7, 11) is 3.13. The zero-order chi connectivity index (χ0) is 26.0. The van der Waals surface area contributed by atoms with Gasteiger partial charge >= 0.3 is 5.97 Å². The van der Waals surface area contributed by atoms with Crippen molar-refractivity contribution in [3.05, 3.63) is 89.1 Å². The molecule has 0 unspecified atom stereocenters. The highest BCUT2D eigenvalue weighted by molar-refractivity contribution is 6.13. The lowest BCUT2D eigenvalue weighted by Crippen LogP contribution is -2.05. The van der Waals surface area contributed by atoms with Crippen molar-refractivity contribution in [2.75, 3.05) is 14.2 Å². The molecule has 5 nitrogen and oxygen atoms in total. The van der Waals surface area contributed by atoms with E-state index >= 15 is 0 Å². The highest BCUT2D eigenvalue weighted by atomic mass is 16.6. The number of cyclic esters (lactones) is 1. The van der Waals surface area contributed by atoms with E-state index in [4.69, 9.17) is 14.2 Å². The van der Waals surface area contributed by atoms with Gasteiger partial charge in [-0.05, 0) is 53.8 Å². The Hall–Kier alpha value is -3.86. The fraction of sp³-hybridized carbons (Fsp3) is 0.312. The maximum Gasteiger partial charge on any atom is 0.363 e. The summed E-state index contributed by atoms with van der Waals surface area (Å²) in [4.78, 5) is 16.9. The Balaban J connectivity index is 1.42. The van der Waals surface area contributed by atoms with Crippen LogP contribution in [0.4, 0.5) is 0 Å². The molecule has 0 atom stereocenters. The van der Waals surface area contributed by atoms with Gasteiger partial charge in [0.05, 0.1) is 14.2 Å². The van der Waals surface area contributed by atoms with E-state index in [1.54, 1.807) is 26.4 Å². The van der Waals surface area contributed by atoms with Gasteiger partial charge in [-0.2, -0.15) is 0 Å². The highest BCUT2D eigenvalue weighted by Crippen LogP contribution is 2.33. The third-order valence-electron chi connectivity index (χ3n) is 6.58. The number of esters is 1. The summed E-state index contributed by atoms with van der Waals surface area (Å²) in [5.41, 5.74) is 5.31. The van der Waals surface area contributed by atoms with Crippen molar-refractivity contribution >= 4 is 17.9 Å². The van der Waals surface area contributed by atoms with Crippen molar-refractivity contribution in [3.63, 3.8) is 0 Å². The van der Waals surface area contributed by atoms with E-state index in [1.807, 2.05) is 36.4 Å². The molecule has 0 N–H and O–H groups in total. The van der Waals surface area contributed by atoms with E-state index < -0.39 is 5.97 Å². The molecule has 37 heavy (non-hydrogen) atoms. The molecule has 1 aliphatic rings. The second-order valence-electron chi connectivity index (χ2n) is 9.21. The number of aryl methyl sites for hydroxylation is 1. The zero-order valence-corrected chi connectivity index (χ0v) is 22.0. The lowest BCUT2D eigenvalue weighted by Gasteiger charge is -2.09. The standard InChI is InChI=1S/C32H35NO4/c1-4-5-6-7-8-9-11-23-14-16-24(17-15-23)25-18-20-26(21-19-25)31-33-28(32(34)37-31)22-27-12-10-13-29(35-2)30(27)36-3/h10,12-22H,4-9,11H2,1-3H3/b28-22-. The molecule has 3 aromatic rings. The molecule has 5 heteroatoms. The number of rotatable bonds is 12. The minimum atomic E-state index is -0.495. The van der Waals surface area contributed by atoms with E-state index in [9.17, 15) is 4.79 Å². The van der Waals surface area contributed by atoms with Crippen molar-refractivity contribution < 1.29 is 19.0 Å². The van der Waals surface area contributed by atoms with Crippen LogP contribution in [0.15, 0.2) is 77.4 Å². The van der Waals surface area contributed by atoms with Crippen molar-refractivity contribution in [1.82, 2.24) is 0 Å². The van der Waals surface area contributed by atoms with Gasteiger partial charge in [0.15, 0.2) is 17.2 Å². The molecule has 4 rings (SSSR count). The average Bonchev–Trinajstić information content (AvgIpc) is 3.30. The summed E-state index contributed by atoms with van der Waals surface area (Å²) in [6.45, 7) is 2.25. The number of aliphatic imine (C=N–C) groups is 1. The van der Waals surface area contributed by atoms with Gasteiger partial charge in [-0.1, -0.05) is 87.6 Å². The Morgan fingerprint density at radius 1 is 0.784 bits per heavy atom. The number of ether oxygens (including phenoxy) is 3. The van der Waals surface area contributed by atoms with Gasteiger partial charge in [0.1, 0.15) is 0 Å². The highest BCUT2D eigenvalue weighted by Gasteiger charge is 2.25. The Morgan fingerprint density at radius 2 is 1.43 bits per heavy atom. The number of para-hydroxylation sites is 1. The first-order valence-electron chi connectivity index (χ1n) is 13.1. The van der Waals surface area contributed by atoms with Gasteiger partial charge in [0, 0.05) is 11.1 Å². The molecule has 0 saturated heterocycles. The van der Waals surface area contributed by atoms with Crippen LogP contribution in [0.3, 0.4) is 0 Å². The Bertz CT molecular complexity index is 1260. The van der Waals surface area contributed by atoms with Crippen molar-refractivity contribution in [1.29, 1.82) is 0 Å². The third kappa shape index (κ3) is 6.67. The molecule has 0 bridgehead atoms. The maximum absolute atomic E-state index is 12.5. The monoisotopic (exact) mass is 497 g/mol. The lowest BCUT2D eigenvalue weighted by molar-refractivity contribution is -0.129. The Labute approximate surface area is 219 Å². The van der Waals surface area contributed by atoms with Crippen LogP contribution in [-0.2, 0) is 16.0 Å². The topological polar surface area (TPSA) is 57.1 Å². The molecule has 1 heterocycles. The second kappa shape index (κ2) is 12.9. The summed E-state index contributed by atoms with van der Waals surface area (Å²) in [6, 6.07) is 22.2. The summed E-state index contributed by atoms with van der Waals surface area (Å²) >= 11 is 0. The van der Waals surface area contributed by atoms with E-state index in [0.29, 0.717) is 23.0 Å². The molecule has 0 saturated carbocycles. The van der Waals surface area contributed by atoms with Crippen LogP contribution in [0, 0.1) is 0 Å². The largest absolute Gasteiger partial charge is 0.493 e. The van der Waals surface area contributed by atoms with Gasteiger partial charge < -0.3 is 14.2 Å². The predicted molar refractivity (Wildman–Crippen MR) is 149 cm³/mol. The van der Waals surface area contributed by atoms with E-state index in [2.05, 4.69) is 36.2 Å². The molecule has 1 aliphatic heterocycles. The number of methoxy groups -OCH3 is 2. The van der Waals surface area contributed by atoms with E-state index in [0.717, 1.165) is 23.1 Å². The van der Waals surface area contributed by atoms with Gasteiger partial charge in [-0.15, -0.1) is 0 Å². The first-order chi connectivity index (χ1) is 18.1. The first kappa shape index (κ1) is 26.2. The molecule has 192 valence electrons. The molecule has 0 aromatic heterocycles. The Kier molecular flexibility index (Phi) is 9.14. The van der Waals surface area contributed by atoms with Gasteiger partial charge in [-0.25, -0.2) is 9.79 Å². The van der Waals surface area contributed by atoms with Crippen LogP contribution in [0.5, 0.6) is 11.5 Å². The molecular formula is C32H35NO4. The number of carbonyl (C=O) groups is 1. The van der Waals surface area contributed by atoms with Gasteiger partial charge in [-0.3, -0.25) is 0 Å². The quantitative estimate of drug-likeness (QED) is 0.147. The van der Waals surface area contributed by atoms with Crippen molar-refractivity contribution in [2.45, 2.75) is 51.9 Å². The molecular weight excluding hydrogens is 462 g/mol. The van der Waals surface area contributed by atoms with Crippen molar-refractivity contribution in [2.24, 2.45) is 4.99 Å². The number of carbonyl (C=O) groups excluding carboxylic acids is 1. The SMILES string of the molecule is CCCCCCCCc1ccc(-c2ccc(C3=N/C(=C\c4cccc(OC)c4OC)C(=O)O3)cc2)cc1. The van der Waals surface area contributed by atoms with Crippen LogP contribution in [0.25, 0.3) is 17.2 Å². The average molecular weight is 498 g/mol. The molecule has 0 spiro atoms. The molecule has 3 aromatic carbocycles. The fourth-order valence-electron chi connectivity index (χ4n) is 4.48. The van der Waals surface area contributed by atoms with Crippen LogP contribution >= 0.6 is 0 Å². The van der Waals surface area contributed by atoms with E-state index in [1.165, 1.54) is 44.1 Å². The summed E-state index contributed by atoms with van der Waals surface area (Å²) in [5, 5.41) is 0. The van der Waals surface area contributed by atoms with Crippen LogP contribution in [0.2, 0.25) is 0 Å². The summed E-state index contributed by atoms with van der Waals surface area (Å²) in [6.07, 6.45) is 10.7.